The number of hydrogen-bond acceptors (Lipinski definition) is 5. The molecule has 0 aromatic heterocycles. The maximum Gasteiger partial charge on any atom is 0.269 e. The van der Waals surface area contributed by atoms with E-state index in [-0.39, 0.29) is 17.6 Å². The molecule has 2 unspecified atom stereocenters. The minimum atomic E-state index is -0.462. The molecule has 2 saturated heterocycles. The maximum atomic E-state index is 13.7. The standard InChI is InChI=1S/C24H34N4O4/c1-18-6-4-5-13-27(18)24(30)22(19-7-2-3-8-19)25-14-16-26(17-15-25)23(29)20-9-11-21(12-10-20)28(31)32/h9-12,18-19,22H,2-8,13-17H2,1H3. The minimum Gasteiger partial charge on any atom is -0.339 e. The van der Waals surface area contributed by atoms with Crippen molar-refractivity contribution in [3.63, 3.8) is 0 Å². The number of nitro benzene ring substituents is 1. The first-order valence-electron chi connectivity index (χ1n) is 12.0. The number of amides is 2. The summed E-state index contributed by atoms with van der Waals surface area (Å²) in [6.07, 6.45) is 7.99. The molecule has 2 heterocycles. The van der Waals surface area contributed by atoms with Gasteiger partial charge in [-0.15, -0.1) is 0 Å². The number of piperazine rings is 1. The fourth-order valence-electron chi connectivity index (χ4n) is 5.64. The number of carbonyl (C=O) groups is 2. The second-order valence-electron chi connectivity index (χ2n) is 9.50. The third kappa shape index (κ3) is 4.80. The first-order valence-corrected chi connectivity index (χ1v) is 12.0. The van der Waals surface area contributed by atoms with Crippen molar-refractivity contribution in [3.05, 3.63) is 39.9 Å². The van der Waals surface area contributed by atoms with Crippen molar-refractivity contribution in [2.45, 2.75) is 64.0 Å². The van der Waals surface area contributed by atoms with Crippen molar-refractivity contribution in [1.82, 2.24) is 14.7 Å². The number of piperidine rings is 1. The van der Waals surface area contributed by atoms with Crippen molar-refractivity contribution in [3.8, 4) is 0 Å². The molecular formula is C24H34N4O4. The number of carbonyl (C=O) groups excluding carboxylic acids is 2. The number of likely N-dealkylation sites (tertiary alicyclic amines) is 1. The highest BCUT2D eigenvalue weighted by Gasteiger charge is 2.40. The molecule has 1 aliphatic carbocycles. The van der Waals surface area contributed by atoms with Gasteiger partial charge in [-0.1, -0.05) is 12.8 Å². The SMILES string of the molecule is CC1CCCCN1C(=O)C(C1CCCC1)N1CCN(C(=O)c2ccc([N+](=O)[O-])cc2)CC1. The number of hydrogen-bond donors (Lipinski definition) is 0. The van der Waals surface area contributed by atoms with Crippen molar-refractivity contribution < 1.29 is 14.5 Å². The van der Waals surface area contributed by atoms with Gasteiger partial charge in [0, 0.05) is 56.5 Å². The summed E-state index contributed by atoms with van der Waals surface area (Å²) in [5.41, 5.74) is 0.450. The molecular weight excluding hydrogens is 408 g/mol. The van der Waals surface area contributed by atoms with Crippen LogP contribution in [-0.2, 0) is 4.79 Å². The maximum absolute atomic E-state index is 13.7. The van der Waals surface area contributed by atoms with Crippen LogP contribution in [0.3, 0.4) is 0 Å². The first kappa shape index (κ1) is 22.7. The van der Waals surface area contributed by atoms with E-state index in [2.05, 4.69) is 16.7 Å². The average Bonchev–Trinajstić information content (AvgIpc) is 3.34. The second kappa shape index (κ2) is 9.98. The smallest absolute Gasteiger partial charge is 0.269 e. The third-order valence-corrected chi connectivity index (χ3v) is 7.51. The van der Waals surface area contributed by atoms with E-state index < -0.39 is 4.92 Å². The summed E-state index contributed by atoms with van der Waals surface area (Å²) in [5.74, 6) is 0.598. The normalized spacial score (nSPS) is 23.8. The fourth-order valence-corrected chi connectivity index (χ4v) is 5.64. The zero-order valence-corrected chi connectivity index (χ0v) is 18.9. The van der Waals surface area contributed by atoms with Crippen molar-refractivity contribution >= 4 is 17.5 Å². The molecule has 8 heteroatoms. The van der Waals surface area contributed by atoms with Crippen LogP contribution in [0.5, 0.6) is 0 Å². The number of nitrogens with zero attached hydrogens (tertiary/aromatic N) is 4. The molecule has 8 nitrogen and oxygen atoms in total. The van der Waals surface area contributed by atoms with Crippen LogP contribution in [0.2, 0.25) is 0 Å². The van der Waals surface area contributed by atoms with Crippen LogP contribution in [-0.4, -0.2) is 76.2 Å². The third-order valence-electron chi connectivity index (χ3n) is 7.51. The minimum absolute atomic E-state index is 0.0174. The average molecular weight is 443 g/mol. The van der Waals surface area contributed by atoms with Crippen molar-refractivity contribution in [2.75, 3.05) is 32.7 Å². The Bertz CT molecular complexity index is 829. The Hall–Kier alpha value is -2.48. The predicted octanol–water partition coefficient (Wildman–Crippen LogP) is 3.31. The van der Waals surface area contributed by atoms with Crippen LogP contribution in [0.4, 0.5) is 5.69 Å². The van der Waals surface area contributed by atoms with Gasteiger partial charge in [0.1, 0.15) is 0 Å². The topological polar surface area (TPSA) is 87.0 Å². The zero-order chi connectivity index (χ0) is 22.7. The molecule has 3 fully saturated rings. The fraction of sp³-hybridized carbons (Fsp3) is 0.667. The van der Waals surface area contributed by atoms with Gasteiger partial charge < -0.3 is 9.80 Å². The molecule has 1 saturated carbocycles. The van der Waals surface area contributed by atoms with E-state index in [0.29, 0.717) is 49.6 Å². The van der Waals surface area contributed by atoms with E-state index in [1.807, 2.05) is 0 Å². The van der Waals surface area contributed by atoms with Gasteiger partial charge in [-0.3, -0.25) is 24.6 Å². The summed E-state index contributed by atoms with van der Waals surface area (Å²) in [7, 11) is 0. The molecule has 32 heavy (non-hydrogen) atoms. The van der Waals surface area contributed by atoms with Gasteiger partial charge in [0.05, 0.1) is 11.0 Å². The van der Waals surface area contributed by atoms with Crippen LogP contribution in [0.25, 0.3) is 0 Å². The first-order chi connectivity index (χ1) is 15.5. The van der Waals surface area contributed by atoms with Crippen molar-refractivity contribution in [2.24, 2.45) is 5.92 Å². The van der Waals surface area contributed by atoms with Gasteiger partial charge in [-0.05, 0) is 57.1 Å². The Morgan fingerprint density at radius 3 is 2.16 bits per heavy atom. The second-order valence-corrected chi connectivity index (χ2v) is 9.50. The molecule has 174 valence electrons. The van der Waals surface area contributed by atoms with Crippen molar-refractivity contribution in [1.29, 1.82) is 0 Å². The van der Waals surface area contributed by atoms with Crippen LogP contribution < -0.4 is 0 Å². The molecule has 2 amide bonds. The Morgan fingerprint density at radius 1 is 0.938 bits per heavy atom. The molecule has 2 aliphatic heterocycles. The van der Waals surface area contributed by atoms with E-state index in [4.69, 9.17) is 0 Å². The number of rotatable bonds is 5. The Balaban J connectivity index is 1.42. The van der Waals surface area contributed by atoms with E-state index in [1.165, 1.54) is 43.5 Å². The van der Waals surface area contributed by atoms with Gasteiger partial charge >= 0.3 is 0 Å². The van der Waals surface area contributed by atoms with E-state index in [0.717, 1.165) is 32.2 Å². The van der Waals surface area contributed by atoms with E-state index in [1.54, 1.807) is 4.90 Å². The molecule has 0 radical (unpaired) electrons. The molecule has 2 atom stereocenters. The molecule has 0 N–H and O–H groups in total. The Labute approximate surface area is 189 Å². The highest BCUT2D eigenvalue weighted by atomic mass is 16.6. The summed E-state index contributed by atoms with van der Waals surface area (Å²) < 4.78 is 0. The lowest BCUT2D eigenvalue weighted by atomic mass is 9.92. The Kier molecular flexibility index (Phi) is 7.08. The largest absolute Gasteiger partial charge is 0.339 e. The van der Waals surface area contributed by atoms with Crippen LogP contribution in [0, 0.1) is 16.0 Å². The lowest BCUT2D eigenvalue weighted by Gasteiger charge is -2.44. The predicted molar refractivity (Wildman–Crippen MR) is 121 cm³/mol. The van der Waals surface area contributed by atoms with Gasteiger partial charge in [0.2, 0.25) is 5.91 Å². The van der Waals surface area contributed by atoms with E-state index >= 15 is 0 Å². The zero-order valence-electron chi connectivity index (χ0n) is 18.9. The van der Waals surface area contributed by atoms with Gasteiger partial charge in [0.25, 0.3) is 11.6 Å². The highest BCUT2D eigenvalue weighted by molar-refractivity contribution is 5.94. The number of non-ortho nitro benzene ring substituents is 1. The molecule has 3 aliphatic rings. The molecule has 1 aromatic carbocycles. The van der Waals surface area contributed by atoms with Crippen LogP contribution in [0.1, 0.15) is 62.2 Å². The van der Waals surface area contributed by atoms with E-state index in [9.17, 15) is 19.7 Å². The summed E-state index contributed by atoms with van der Waals surface area (Å²) in [4.78, 5) is 43.2. The quantitative estimate of drug-likeness (QED) is 0.516. The summed E-state index contributed by atoms with van der Waals surface area (Å²) in [6.45, 7) is 5.55. The number of benzene rings is 1. The summed E-state index contributed by atoms with van der Waals surface area (Å²) in [6, 6.07) is 6.03. The molecule has 0 spiro atoms. The molecule has 0 bridgehead atoms. The van der Waals surface area contributed by atoms with Crippen LogP contribution >= 0.6 is 0 Å². The molecule has 4 rings (SSSR count). The Morgan fingerprint density at radius 2 is 1.56 bits per heavy atom. The molecule has 1 aromatic rings. The summed E-state index contributed by atoms with van der Waals surface area (Å²) in [5, 5.41) is 10.9. The number of nitro groups is 1. The van der Waals surface area contributed by atoms with Gasteiger partial charge in [-0.25, -0.2) is 0 Å². The monoisotopic (exact) mass is 442 g/mol. The van der Waals surface area contributed by atoms with Crippen LogP contribution in [0.15, 0.2) is 24.3 Å². The van der Waals surface area contributed by atoms with Gasteiger partial charge in [-0.2, -0.15) is 0 Å². The van der Waals surface area contributed by atoms with Gasteiger partial charge in [0.15, 0.2) is 0 Å². The lowest BCUT2D eigenvalue weighted by molar-refractivity contribution is -0.384. The highest BCUT2D eigenvalue weighted by Crippen LogP contribution is 2.33. The lowest BCUT2D eigenvalue weighted by Crippen LogP contribution is -2.60. The summed E-state index contributed by atoms with van der Waals surface area (Å²) >= 11 is 0.